The van der Waals surface area contributed by atoms with Gasteiger partial charge in [-0.25, -0.2) is 0 Å². The zero-order chi connectivity index (χ0) is 19.1. The lowest BCUT2D eigenvalue weighted by Gasteiger charge is -2.32. The molecule has 27 heavy (non-hydrogen) atoms. The number of likely N-dealkylation sites (tertiary alicyclic amines) is 1. The Hall–Kier alpha value is -2.29. The van der Waals surface area contributed by atoms with Crippen LogP contribution in [0.1, 0.15) is 42.4 Å². The third kappa shape index (κ3) is 5.59. The third-order valence-electron chi connectivity index (χ3n) is 5.73. The summed E-state index contributed by atoms with van der Waals surface area (Å²) >= 11 is 0. The molecule has 3 rings (SSSR count). The van der Waals surface area contributed by atoms with E-state index < -0.39 is 0 Å². The summed E-state index contributed by atoms with van der Waals surface area (Å²) in [5.41, 5.74) is 3.86. The van der Waals surface area contributed by atoms with Crippen LogP contribution in [-0.2, 0) is 17.6 Å². The summed E-state index contributed by atoms with van der Waals surface area (Å²) in [6.07, 6.45) is 5.95. The molecule has 0 bridgehead atoms. The van der Waals surface area contributed by atoms with Crippen molar-refractivity contribution in [3.8, 4) is 5.75 Å². The van der Waals surface area contributed by atoms with E-state index in [1.807, 2.05) is 24.3 Å². The number of para-hydroxylation sites is 1. The van der Waals surface area contributed by atoms with Crippen LogP contribution in [0.25, 0.3) is 0 Å². The summed E-state index contributed by atoms with van der Waals surface area (Å²) in [6.45, 7) is 3.94. The van der Waals surface area contributed by atoms with Gasteiger partial charge in [0.05, 0.1) is 7.11 Å². The first kappa shape index (κ1) is 19.5. The van der Waals surface area contributed by atoms with Crippen LogP contribution in [0.15, 0.2) is 48.5 Å². The lowest BCUT2D eigenvalue weighted by atomic mass is 9.90. The second kappa shape index (κ2) is 9.59. The highest BCUT2D eigenvalue weighted by atomic mass is 16.5. The van der Waals surface area contributed by atoms with Gasteiger partial charge in [-0.05, 0) is 62.1 Å². The molecule has 0 unspecified atom stereocenters. The monoisotopic (exact) mass is 365 g/mol. The molecule has 1 saturated heterocycles. The molecule has 1 aliphatic rings. The maximum atomic E-state index is 12.6. The van der Waals surface area contributed by atoms with Gasteiger partial charge in [0.1, 0.15) is 5.75 Å². The van der Waals surface area contributed by atoms with Crippen LogP contribution in [-0.4, -0.2) is 31.0 Å². The van der Waals surface area contributed by atoms with Gasteiger partial charge < -0.3 is 9.64 Å². The van der Waals surface area contributed by atoms with Crippen LogP contribution in [0.4, 0.5) is 0 Å². The zero-order valence-corrected chi connectivity index (χ0v) is 16.6. The van der Waals surface area contributed by atoms with E-state index in [2.05, 4.69) is 36.1 Å². The molecule has 1 amide bonds. The second-order valence-corrected chi connectivity index (χ2v) is 7.66. The highest BCUT2D eigenvalue weighted by Gasteiger charge is 2.22. The second-order valence-electron chi connectivity index (χ2n) is 7.66. The molecular formula is C24H31NO2. The van der Waals surface area contributed by atoms with Crippen LogP contribution in [0.3, 0.4) is 0 Å². The van der Waals surface area contributed by atoms with E-state index in [4.69, 9.17) is 4.74 Å². The minimum Gasteiger partial charge on any atom is -0.496 e. The summed E-state index contributed by atoms with van der Waals surface area (Å²) in [4.78, 5) is 14.6. The van der Waals surface area contributed by atoms with E-state index in [0.717, 1.165) is 56.0 Å². The fraction of sp³-hybridized carbons (Fsp3) is 0.458. The van der Waals surface area contributed by atoms with Gasteiger partial charge in [0.15, 0.2) is 0 Å². The van der Waals surface area contributed by atoms with Crippen molar-refractivity contribution in [2.75, 3.05) is 20.2 Å². The molecule has 2 aromatic carbocycles. The van der Waals surface area contributed by atoms with Crippen LogP contribution in [0.2, 0.25) is 0 Å². The number of hydrogen-bond donors (Lipinski definition) is 0. The molecule has 2 aromatic rings. The van der Waals surface area contributed by atoms with Crippen molar-refractivity contribution in [2.24, 2.45) is 5.92 Å². The predicted octanol–water partition coefficient (Wildman–Crippen LogP) is 4.81. The molecule has 0 atom stereocenters. The maximum Gasteiger partial charge on any atom is 0.222 e. The summed E-state index contributed by atoms with van der Waals surface area (Å²) in [5.74, 6) is 1.89. The van der Waals surface area contributed by atoms with Gasteiger partial charge in [0.25, 0.3) is 0 Å². The zero-order valence-electron chi connectivity index (χ0n) is 16.6. The number of benzene rings is 2. The van der Waals surface area contributed by atoms with Crippen LogP contribution < -0.4 is 4.74 Å². The minimum absolute atomic E-state index is 0.276. The number of ether oxygens (including phenoxy) is 1. The summed E-state index contributed by atoms with van der Waals surface area (Å²) < 4.78 is 5.38. The van der Waals surface area contributed by atoms with Gasteiger partial charge in [-0.3, -0.25) is 4.79 Å². The highest BCUT2D eigenvalue weighted by Crippen LogP contribution is 2.24. The molecule has 1 fully saturated rings. The van der Waals surface area contributed by atoms with Gasteiger partial charge >= 0.3 is 0 Å². The van der Waals surface area contributed by atoms with Crippen molar-refractivity contribution in [3.05, 3.63) is 65.2 Å². The number of aryl methyl sites for hydroxylation is 3. The smallest absolute Gasteiger partial charge is 0.222 e. The molecular weight excluding hydrogens is 334 g/mol. The molecule has 0 N–H and O–H groups in total. The maximum absolute atomic E-state index is 12.6. The molecule has 0 aliphatic carbocycles. The van der Waals surface area contributed by atoms with Gasteiger partial charge in [-0.2, -0.15) is 0 Å². The molecule has 0 spiro atoms. The summed E-state index contributed by atoms with van der Waals surface area (Å²) in [6, 6.07) is 16.8. The number of hydrogen-bond acceptors (Lipinski definition) is 2. The molecule has 3 nitrogen and oxygen atoms in total. The standard InChI is InChI=1S/C24H31NO2/c1-19-7-9-20(10-8-19)11-12-21-15-17-25(18-16-21)24(26)14-13-22-5-3-4-6-23(22)27-2/h3-10,21H,11-18H2,1-2H3. The normalized spacial score (nSPS) is 15.0. The Morgan fingerprint density at radius 1 is 1.04 bits per heavy atom. The molecule has 144 valence electrons. The summed E-state index contributed by atoms with van der Waals surface area (Å²) in [7, 11) is 1.68. The predicted molar refractivity (Wildman–Crippen MR) is 110 cm³/mol. The molecule has 0 radical (unpaired) electrons. The number of rotatable bonds is 7. The SMILES string of the molecule is COc1ccccc1CCC(=O)N1CCC(CCc2ccc(C)cc2)CC1. The van der Waals surface area contributed by atoms with Crippen molar-refractivity contribution >= 4 is 5.91 Å². The van der Waals surface area contributed by atoms with E-state index in [-0.39, 0.29) is 5.91 Å². The van der Waals surface area contributed by atoms with E-state index in [0.29, 0.717) is 6.42 Å². The molecule has 0 aromatic heterocycles. The Bertz CT molecular complexity index is 730. The van der Waals surface area contributed by atoms with E-state index >= 15 is 0 Å². The molecule has 1 aliphatic heterocycles. The van der Waals surface area contributed by atoms with Crippen molar-refractivity contribution in [3.63, 3.8) is 0 Å². The Labute approximate surface area is 163 Å². The van der Waals surface area contributed by atoms with E-state index in [9.17, 15) is 4.79 Å². The Balaban J connectivity index is 1.40. The number of carbonyl (C=O) groups excluding carboxylic acids is 1. The minimum atomic E-state index is 0.276. The fourth-order valence-corrected chi connectivity index (χ4v) is 3.91. The van der Waals surface area contributed by atoms with Gasteiger partial charge in [-0.1, -0.05) is 48.0 Å². The van der Waals surface area contributed by atoms with Gasteiger partial charge in [-0.15, -0.1) is 0 Å². The fourth-order valence-electron chi connectivity index (χ4n) is 3.91. The van der Waals surface area contributed by atoms with Crippen molar-refractivity contribution in [2.45, 2.75) is 45.4 Å². The lowest BCUT2D eigenvalue weighted by Crippen LogP contribution is -2.38. The summed E-state index contributed by atoms with van der Waals surface area (Å²) in [5, 5.41) is 0. The van der Waals surface area contributed by atoms with Crippen LogP contribution in [0.5, 0.6) is 5.75 Å². The first-order valence-corrected chi connectivity index (χ1v) is 10.1. The first-order valence-electron chi connectivity index (χ1n) is 10.1. The number of amides is 1. The number of nitrogens with zero attached hydrogens (tertiary/aromatic N) is 1. The topological polar surface area (TPSA) is 29.5 Å². The number of methoxy groups -OCH3 is 1. The van der Waals surface area contributed by atoms with E-state index in [1.54, 1.807) is 7.11 Å². The average Bonchev–Trinajstić information content (AvgIpc) is 2.72. The Kier molecular flexibility index (Phi) is 6.92. The quantitative estimate of drug-likeness (QED) is 0.705. The van der Waals surface area contributed by atoms with Crippen molar-refractivity contribution in [1.82, 2.24) is 4.90 Å². The molecule has 3 heteroatoms. The van der Waals surface area contributed by atoms with Gasteiger partial charge in [0.2, 0.25) is 5.91 Å². The average molecular weight is 366 g/mol. The van der Waals surface area contributed by atoms with Gasteiger partial charge in [0, 0.05) is 19.5 Å². The largest absolute Gasteiger partial charge is 0.496 e. The molecule has 1 heterocycles. The van der Waals surface area contributed by atoms with Crippen molar-refractivity contribution in [1.29, 1.82) is 0 Å². The highest BCUT2D eigenvalue weighted by molar-refractivity contribution is 5.76. The van der Waals surface area contributed by atoms with Crippen LogP contribution >= 0.6 is 0 Å². The van der Waals surface area contributed by atoms with Crippen molar-refractivity contribution < 1.29 is 9.53 Å². The Morgan fingerprint density at radius 3 is 2.44 bits per heavy atom. The lowest BCUT2D eigenvalue weighted by molar-refractivity contribution is -0.132. The number of carbonyl (C=O) groups is 1. The third-order valence-corrected chi connectivity index (χ3v) is 5.73. The first-order chi connectivity index (χ1) is 13.2. The Morgan fingerprint density at radius 2 is 1.74 bits per heavy atom. The van der Waals surface area contributed by atoms with Crippen LogP contribution in [0, 0.1) is 12.8 Å². The number of piperidine rings is 1. The molecule has 0 saturated carbocycles. The van der Waals surface area contributed by atoms with E-state index in [1.165, 1.54) is 17.5 Å².